The summed E-state index contributed by atoms with van der Waals surface area (Å²) in [5.41, 5.74) is 1.02. The summed E-state index contributed by atoms with van der Waals surface area (Å²) in [7, 11) is 0. The van der Waals surface area contributed by atoms with E-state index >= 15 is 0 Å². The van der Waals surface area contributed by atoms with Crippen LogP contribution in [-0.4, -0.2) is 30.9 Å². The topological polar surface area (TPSA) is 78.9 Å². The van der Waals surface area contributed by atoms with E-state index in [0.29, 0.717) is 48.7 Å². The van der Waals surface area contributed by atoms with Crippen LogP contribution in [0.15, 0.2) is 60.7 Å². The Bertz CT molecular complexity index is 1120. The van der Waals surface area contributed by atoms with Gasteiger partial charge in [-0.25, -0.2) is 4.79 Å². The lowest BCUT2D eigenvalue weighted by molar-refractivity contribution is -0.143. The number of ether oxygens (including phenoxy) is 3. The van der Waals surface area contributed by atoms with Crippen molar-refractivity contribution in [3.8, 4) is 11.5 Å². The summed E-state index contributed by atoms with van der Waals surface area (Å²) in [5.74, 6) is 0.409. The molecule has 3 rings (SSSR count). The molecule has 0 aliphatic carbocycles. The lowest BCUT2D eigenvalue weighted by Crippen LogP contribution is -2.10. The quantitative estimate of drug-likeness (QED) is 0.160. The number of hydrogen-bond acceptors (Lipinski definition) is 6. The van der Waals surface area contributed by atoms with Crippen LogP contribution >= 0.6 is 0 Å². The van der Waals surface area contributed by atoms with Crippen LogP contribution in [0.2, 0.25) is 0 Å². The molecule has 3 aromatic carbocycles. The molecule has 6 heteroatoms. The van der Waals surface area contributed by atoms with E-state index in [1.807, 2.05) is 24.3 Å². The van der Waals surface area contributed by atoms with Gasteiger partial charge in [0.25, 0.3) is 0 Å². The van der Waals surface area contributed by atoms with Crippen LogP contribution in [0.5, 0.6) is 11.5 Å². The van der Waals surface area contributed by atoms with Crippen LogP contribution in [0, 0.1) is 0 Å². The van der Waals surface area contributed by atoms with Gasteiger partial charge in [0.05, 0.1) is 18.8 Å². The Hall–Kier alpha value is -3.67. The number of carbonyl (C=O) groups is 3. The standard InChI is InChI=1S/C27H28O6/c1-3-24(28)19-11-13-20(14-12-19)33-27(30)23-15-16-25(22-10-6-5-9-21(22)23)31-17-7-8-18-32-26(29)4-2/h5-6,9-16H,3-4,7-8,17-18H2,1-2H3. The highest BCUT2D eigenvalue weighted by Gasteiger charge is 2.15. The first-order valence-electron chi connectivity index (χ1n) is 11.2. The Labute approximate surface area is 193 Å². The van der Waals surface area contributed by atoms with E-state index in [1.165, 1.54) is 0 Å². The highest BCUT2D eigenvalue weighted by molar-refractivity contribution is 6.07. The number of carbonyl (C=O) groups excluding carboxylic acids is 3. The maximum Gasteiger partial charge on any atom is 0.344 e. The second kappa shape index (κ2) is 11.8. The number of esters is 2. The second-order valence-corrected chi connectivity index (χ2v) is 7.48. The van der Waals surface area contributed by atoms with Crippen molar-refractivity contribution in [1.29, 1.82) is 0 Å². The molecule has 3 aromatic rings. The number of fused-ring (bicyclic) bond motifs is 1. The first-order valence-corrected chi connectivity index (χ1v) is 11.2. The van der Waals surface area contributed by atoms with Gasteiger partial charge in [-0.15, -0.1) is 0 Å². The summed E-state index contributed by atoms with van der Waals surface area (Å²) < 4.78 is 16.5. The third kappa shape index (κ3) is 6.42. The highest BCUT2D eigenvalue weighted by Crippen LogP contribution is 2.29. The molecule has 172 valence electrons. The molecule has 0 spiro atoms. The third-order valence-corrected chi connectivity index (χ3v) is 5.16. The van der Waals surface area contributed by atoms with Gasteiger partial charge in [-0.1, -0.05) is 38.1 Å². The smallest absolute Gasteiger partial charge is 0.344 e. The molecule has 0 radical (unpaired) electrons. The molecular formula is C27H28O6. The number of hydrogen-bond donors (Lipinski definition) is 0. The first-order chi connectivity index (χ1) is 16.0. The molecule has 0 saturated heterocycles. The minimum atomic E-state index is -0.481. The molecule has 0 amide bonds. The Morgan fingerprint density at radius 3 is 2.15 bits per heavy atom. The summed E-state index contributed by atoms with van der Waals surface area (Å²) in [4.78, 5) is 35.8. The second-order valence-electron chi connectivity index (χ2n) is 7.48. The zero-order valence-electron chi connectivity index (χ0n) is 19.0. The molecule has 0 bridgehead atoms. The van der Waals surface area contributed by atoms with Crippen LogP contribution in [0.3, 0.4) is 0 Å². The summed E-state index contributed by atoms with van der Waals surface area (Å²) in [6.07, 6.45) is 2.26. The number of unbranched alkanes of at least 4 members (excludes halogenated alkanes) is 1. The van der Waals surface area contributed by atoms with Crippen molar-refractivity contribution in [2.24, 2.45) is 0 Å². The van der Waals surface area contributed by atoms with Gasteiger partial charge < -0.3 is 14.2 Å². The summed E-state index contributed by atoms with van der Waals surface area (Å²) >= 11 is 0. The van der Waals surface area contributed by atoms with Crippen molar-refractivity contribution in [1.82, 2.24) is 0 Å². The van der Waals surface area contributed by atoms with E-state index in [2.05, 4.69) is 0 Å². The number of rotatable bonds is 11. The fourth-order valence-electron chi connectivity index (χ4n) is 3.32. The van der Waals surface area contributed by atoms with Crippen LogP contribution in [0.1, 0.15) is 60.2 Å². The number of ketones is 1. The fourth-order valence-corrected chi connectivity index (χ4v) is 3.32. The van der Waals surface area contributed by atoms with E-state index < -0.39 is 5.97 Å². The van der Waals surface area contributed by atoms with Gasteiger partial charge in [0.15, 0.2) is 5.78 Å². The Balaban J connectivity index is 1.66. The number of Topliss-reactive ketones (excluding diaryl/α,β-unsaturated/α-hetero) is 1. The Morgan fingerprint density at radius 1 is 0.758 bits per heavy atom. The van der Waals surface area contributed by atoms with Crippen molar-refractivity contribution in [2.45, 2.75) is 39.5 Å². The number of benzene rings is 3. The first kappa shape index (κ1) is 24.0. The largest absolute Gasteiger partial charge is 0.493 e. The fraction of sp³-hybridized carbons (Fsp3) is 0.296. The van der Waals surface area contributed by atoms with Crippen LogP contribution in [-0.2, 0) is 9.53 Å². The molecule has 6 nitrogen and oxygen atoms in total. The van der Waals surface area contributed by atoms with Crippen molar-refractivity contribution in [3.63, 3.8) is 0 Å². The average Bonchev–Trinajstić information content (AvgIpc) is 2.85. The van der Waals surface area contributed by atoms with Crippen molar-refractivity contribution >= 4 is 28.5 Å². The predicted octanol–water partition coefficient (Wildman–Crippen LogP) is 5.76. The van der Waals surface area contributed by atoms with E-state index in [-0.39, 0.29) is 11.8 Å². The normalized spacial score (nSPS) is 10.6. The summed E-state index contributed by atoms with van der Waals surface area (Å²) in [5, 5.41) is 1.54. The molecular weight excluding hydrogens is 420 g/mol. The van der Waals surface area contributed by atoms with E-state index in [0.717, 1.165) is 23.6 Å². The zero-order valence-corrected chi connectivity index (χ0v) is 19.0. The van der Waals surface area contributed by atoms with Gasteiger partial charge in [-0.2, -0.15) is 0 Å². The molecule has 0 saturated carbocycles. The molecule has 0 N–H and O–H groups in total. The highest BCUT2D eigenvalue weighted by atomic mass is 16.5. The van der Waals surface area contributed by atoms with Gasteiger partial charge in [-0.3, -0.25) is 9.59 Å². The van der Waals surface area contributed by atoms with Crippen LogP contribution < -0.4 is 9.47 Å². The molecule has 0 aliphatic heterocycles. The summed E-state index contributed by atoms with van der Waals surface area (Å²) in [6.45, 7) is 4.43. The molecule has 33 heavy (non-hydrogen) atoms. The Kier molecular flexibility index (Phi) is 8.58. The SMILES string of the molecule is CCC(=O)OCCCCOc1ccc(C(=O)Oc2ccc(C(=O)CC)cc2)c2ccccc12. The molecule has 0 atom stereocenters. The van der Waals surface area contributed by atoms with Crippen LogP contribution in [0.4, 0.5) is 0 Å². The predicted molar refractivity (Wildman–Crippen MR) is 126 cm³/mol. The minimum Gasteiger partial charge on any atom is -0.493 e. The van der Waals surface area contributed by atoms with Gasteiger partial charge >= 0.3 is 11.9 Å². The average molecular weight is 449 g/mol. The monoisotopic (exact) mass is 448 g/mol. The molecule has 0 aliphatic rings. The Morgan fingerprint density at radius 2 is 1.45 bits per heavy atom. The van der Waals surface area contributed by atoms with Gasteiger partial charge in [-0.05, 0) is 54.6 Å². The summed E-state index contributed by atoms with van der Waals surface area (Å²) in [6, 6.07) is 17.5. The maximum absolute atomic E-state index is 12.9. The lowest BCUT2D eigenvalue weighted by atomic mass is 10.0. The van der Waals surface area contributed by atoms with Crippen molar-refractivity contribution in [3.05, 3.63) is 71.8 Å². The lowest BCUT2D eigenvalue weighted by Gasteiger charge is -2.12. The van der Waals surface area contributed by atoms with Crippen molar-refractivity contribution in [2.75, 3.05) is 13.2 Å². The molecule has 0 heterocycles. The molecule has 0 unspecified atom stereocenters. The van der Waals surface area contributed by atoms with Gasteiger partial charge in [0.1, 0.15) is 11.5 Å². The van der Waals surface area contributed by atoms with Gasteiger partial charge in [0, 0.05) is 23.8 Å². The third-order valence-electron chi connectivity index (χ3n) is 5.16. The van der Waals surface area contributed by atoms with E-state index in [4.69, 9.17) is 14.2 Å². The molecule has 0 aromatic heterocycles. The van der Waals surface area contributed by atoms with Gasteiger partial charge in [0.2, 0.25) is 0 Å². The maximum atomic E-state index is 12.9. The molecule has 0 fully saturated rings. The van der Waals surface area contributed by atoms with E-state index in [9.17, 15) is 14.4 Å². The van der Waals surface area contributed by atoms with Crippen molar-refractivity contribution < 1.29 is 28.6 Å². The minimum absolute atomic E-state index is 0.0384. The van der Waals surface area contributed by atoms with Crippen LogP contribution in [0.25, 0.3) is 10.8 Å². The zero-order chi connectivity index (χ0) is 23.6. The van der Waals surface area contributed by atoms with E-state index in [1.54, 1.807) is 50.2 Å².